The topological polar surface area (TPSA) is 81.8 Å². The number of amides is 1. The summed E-state index contributed by atoms with van der Waals surface area (Å²) in [6.07, 6.45) is -0.0767. The van der Waals surface area contributed by atoms with Gasteiger partial charge in [0, 0.05) is 19.6 Å². The smallest absolute Gasteiger partial charge is 0.419 e. The normalized spacial score (nSPS) is 10.8. The molecular weight excluding hydrogens is 379 g/mol. The summed E-state index contributed by atoms with van der Waals surface area (Å²) in [5, 5.41) is 0. The number of likely N-dealkylation sites (N-methyl/N-ethyl adjacent to an activating group) is 1. The van der Waals surface area contributed by atoms with Crippen LogP contribution < -0.4 is 5.76 Å². The first-order chi connectivity index (χ1) is 14.0. The molecule has 0 spiro atoms. The van der Waals surface area contributed by atoms with Crippen LogP contribution >= 0.6 is 0 Å². The minimum absolute atomic E-state index is 0.0767. The molecule has 0 bridgehead atoms. The van der Waals surface area contributed by atoms with Crippen LogP contribution in [0.25, 0.3) is 11.1 Å². The van der Waals surface area contributed by atoms with Crippen molar-refractivity contribution in [1.29, 1.82) is 0 Å². The van der Waals surface area contributed by atoms with Crippen LogP contribution in [0.4, 0.5) is 4.39 Å². The van der Waals surface area contributed by atoms with Gasteiger partial charge >= 0.3 is 11.7 Å². The first-order valence-corrected chi connectivity index (χ1v) is 9.24. The zero-order valence-corrected chi connectivity index (χ0v) is 16.0. The van der Waals surface area contributed by atoms with Crippen LogP contribution in [0, 0.1) is 5.82 Å². The van der Waals surface area contributed by atoms with Crippen molar-refractivity contribution >= 4 is 23.0 Å². The van der Waals surface area contributed by atoms with Gasteiger partial charge in [0.15, 0.2) is 12.2 Å². The number of rotatable bonds is 8. The number of nitrogens with zero attached hydrogens (tertiary/aromatic N) is 2. The molecule has 1 amide bonds. The molecule has 2 aromatic carbocycles. The van der Waals surface area contributed by atoms with Crippen molar-refractivity contribution in [1.82, 2.24) is 9.47 Å². The first kappa shape index (κ1) is 20.3. The molecule has 8 heteroatoms. The van der Waals surface area contributed by atoms with Crippen LogP contribution in [0.1, 0.15) is 18.9 Å². The molecule has 0 saturated heterocycles. The Morgan fingerprint density at radius 2 is 1.97 bits per heavy atom. The van der Waals surface area contributed by atoms with Gasteiger partial charge in [-0.15, -0.1) is 0 Å². The summed E-state index contributed by atoms with van der Waals surface area (Å²) in [5.74, 6) is -1.91. The van der Waals surface area contributed by atoms with Gasteiger partial charge in [-0.3, -0.25) is 14.2 Å². The minimum atomic E-state index is -0.600. The van der Waals surface area contributed by atoms with E-state index in [9.17, 15) is 18.8 Å². The van der Waals surface area contributed by atoms with Crippen molar-refractivity contribution in [3.8, 4) is 0 Å². The van der Waals surface area contributed by atoms with Crippen LogP contribution in [0.15, 0.2) is 57.7 Å². The largest absolute Gasteiger partial charge is 0.456 e. The molecule has 29 heavy (non-hydrogen) atoms. The van der Waals surface area contributed by atoms with Gasteiger partial charge in [0.25, 0.3) is 5.91 Å². The minimum Gasteiger partial charge on any atom is -0.456 e. The van der Waals surface area contributed by atoms with Gasteiger partial charge in [0.2, 0.25) is 0 Å². The molecule has 0 fully saturated rings. The lowest BCUT2D eigenvalue weighted by atomic mass is 10.2. The van der Waals surface area contributed by atoms with E-state index in [4.69, 9.17) is 9.15 Å². The molecule has 0 atom stereocenters. The number of fused-ring (bicyclic) bond motifs is 1. The number of aromatic nitrogens is 1. The quantitative estimate of drug-likeness (QED) is 0.543. The van der Waals surface area contributed by atoms with Crippen molar-refractivity contribution in [2.75, 3.05) is 13.2 Å². The van der Waals surface area contributed by atoms with Gasteiger partial charge in [-0.25, -0.2) is 9.18 Å². The van der Waals surface area contributed by atoms with Gasteiger partial charge in [0.1, 0.15) is 5.82 Å². The third-order valence-corrected chi connectivity index (χ3v) is 4.47. The average molecular weight is 400 g/mol. The highest BCUT2D eigenvalue weighted by molar-refractivity contribution is 5.80. The number of carbonyl (C=O) groups is 2. The fourth-order valence-electron chi connectivity index (χ4n) is 2.97. The third-order valence-electron chi connectivity index (χ3n) is 4.47. The second-order valence-electron chi connectivity index (χ2n) is 6.44. The number of benzene rings is 2. The Bertz CT molecular complexity index is 1070. The summed E-state index contributed by atoms with van der Waals surface area (Å²) in [7, 11) is 0. The Morgan fingerprint density at radius 1 is 1.17 bits per heavy atom. The Balaban J connectivity index is 1.52. The van der Waals surface area contributed by atoms with Gasteiger partial charge in [-0.1, -0.05) is 24.3 Å². The maximum absolute atomic E-state index is 13.3. The lowest BCUT2D eigenvalue weighted by molar-refractivity contribution is -0.152. The monoisotopic (exact) mass is 400 g/mol. The maximum atomic E-state index is 13.3. The van der Waals surface area contributed by atoms with E-state index in [-0.39, 0.29) is 31.2 Å². The molecule has 1 aromatic heterocycles. The molecule has 0 radical (unpaired) electrons. The Hall–Kier alpha value is -3.42. The molecule has 3 aromatic rings. The number of hydrogen-bond donors (Lipinski definition) is 0. The number of esters is 1. The van der Waals surface area contributed by atoms with Crippen molar-refractivity contribution in [3.05, 3.63) is 70.5 Å². The molecule has 0 aliphatic heterocycles. The number of halogens is 1. The lowest BCUT2D eigenvalue weighted by Gasteiger charge is -2.21. The Kier molecular flexibility index (Phi) is 6.43. The summed E-state index contributed by atoms with van der Waals surface area (Å²) in [6.45, 7) is 2.08. The summed E-state index contributed by atoms with van der Waals surface area (Å²) in [4.78, 5) is 37.7. The van der Waals surface area contributed by atoms with E-state index in [1.165, 1.54) is 21.6 Å². The summed E-state index contributed by atoms with van der Waals surface area (Å²) in [6, 6.07) is 12.9. The fraction of sp³-hybridized carbons (Fsp3) is 0.286. The van der Waals surface area contributed by atoms with Crippen LogP contribution in [0.2, 0.25) is 0 Å². The van der Waals surface area contributed by atoms with E-state index < -0.39 is 18.3 Å². The molecule has 152 valence electrons. The van der Waals surface area contributed by atoms with Crippen molar-refractivity contribution in [2.45, 2.75) is 26.4 Å². The van der Waals surface area contributed by atoms with E-state index in [1.54, 1.807) is 43.3 Å². The average Bonchev–Trinajstić information content (AvgIpc) is 3.03. The number of oxazole rings is 1. The zero-order valence-electron chi connectivity index (χ0n) is 16.0. The molecule has 0 unspecified atom stereocenters. The summed E-state index contributed by atoms with van der Waals surface area (Å²) < 4.78 is 24.8. The first-order valence-electron chi connectivity index (χ1n) is 9.24. The number of hydrogen-bond acceptors (Lipinski definition) is 5. The molecule has 1 heterocycles. The molecule has 3 rings (SSSR count). The SMILES string of the molecule is CCN(Cc1cccc(F)c1)C(=O)COC(=O)CCn1c(=O)oc2ccccc21. The molecule has 0 aliphatic rings. The Morgan fingerprint density at radius 3 is 2.72 bits per heavy atom. The van der Waals surface area contributed by atoms with Crippen LogP contribution in [0.3, 0.4) is 0 Å². The van der Waals surface area contributed by atoms with Crippen LogP contribution in [-0.2, 0) is 27.4 Å². The highest BCUT2D eigenvalue weighted by Gasteiger charge is 2.16. The lowest BCUT2D eigenvalue weighted by Crippen LogP contribution is -2.34. The van der Waals surface area contributed by atoms with Crippen LogP contribution in [0.5, 0.6) is 0 Å². The number of ether oxygens (including phenoxy) is 1. The van der Waals surface area contributed by atoms with E-state index in [2.05, 4.69) is 0 Å². The van der Waals surface area contributed by atoms with E-state index in [0.29, 0.717) is 23.2 Å². The predicted molar refractivity (Wildman–Crippen MR) is 104 cm³/mol. The molecule has 7 nitrogen and oxygen atoms in total. The van der Waals surface area contributed by atoms with Crippen molar-refractivity contribution in [2.24, 2.45) is 0 Å². The second kappa shape index (κ2) is 9.18. The standard InChI is InChI=1S/C21H21FN2O5/c1-2-23(13-15-6-5-7-16(22)12-15)19(25)14-28-20(26)10-11-24-17-8-3-4-9-18(17)29-21(24)27/h3-9,12H,2,10-11,13-14H2,1H3. The second-order valence-corrected chi connectivity index (χ2v) is 6.44. The van der Waals surface area contributed by atoms with Gasteiger partial charge in [-0.2, -0.15) is 0 Å². The number of carbonyl (C=O) groups excluding carboxylic acids is 2. The van der Waals surface area contributed by atoms with Gasteiger partial charge in [-0.05, 0) is 36.8 Å². The van der Waals surface area contributed by atoms with E-state index in [1.807, 2.05) is 0 Å². The van der Waals surface area contributed by atoms with Crippen molar-refractivity contribution < 1.29 is 23.1 Å². The summed E-state index contributed by atoms with van der Waals surface area (Å²) >= 11 is 0. The van der Waals surface area contributed by atoms with Gasteiger partial charge < -0.3 is 14.1 Å². The van der Waals surface area contributed by atoms with Gasteiger partial charge in [0.05, 0.1) is 11.9 Å². The van der Waals surface area contributed by atoms with Crippen molar-refractivity contribution in [3.63, 3.8) is 0 Å². The number of para-hydroxylation sites is 2. The third kappa shape index (κ3) is 5.10. The summed E-state index contributed by atoms with van der Waals surface area (Å²) in [5.41, 5.74) is 1.68. The highest BCUT2D eigenvalue weighted by atomic mass is 19.1. The van der Waals surface area contributed by atoms with E-state index >= 15 is 0 Å². The molecule has 0 aliphatic carbocycles. The Labute approximate surface area is 166 Å². The highest BCUT2D eigenvalue weighted by Crippen LogP contribution is 2.12. The predicted octanol–water partition coefficient (Wildman–Crippen LogP) is 2.72. The molecular formula is C21H21FN2O5. The number of aryl methyl sites for hydroxylation is 1. The molecule has 0 saturated carbocycles. The van der Waals surface area contributed by atoms with E-state index in [0.717, 1.165) is 0 Å². The zero-order chi connectivity index (χ0) is 20.8. The maximum Gasteiger partial charge on any atom is 0.419 e. The molecule has 0 N–H and O–H groups in total. The van der Waals surface area contributed by atoms with Crippen LogP contribution in [-0.4, -0.2) is 34.5 Å². The fourth-order valence-corrected chi connectivity index (χ4v) is 2.97.